The summed E-state index contributed by atoms with van der Waals surface area (Å²) in [5.41, 5.74) is 2.58. The Bertz CT molecular complexity index is 614. The normalized spacial score (nSPS) is 10.5. The molecule has 0 aliphatic rings. The average molecular weight is 320 g/mol. The Hall–Kier alpha value is -1.88. The van der Waals surface area contributed by atoms with Gasteiger partial charge in [0.05, 0.1) is 6.61 Å². The summed E-state index contributed by atoms with van der Waals surface area (Å²) in [6.07, 6.45) is 0.606. The van der Waals surface area contributed by atoms with Crippen molar-refractivity contribution in [2.45, 2.75) is 13.0 Å². The molecule has 0 radical (unpaired) electrons. The number of hydrogen-bond donors (Lipinski definition) is 2. The molecular weight excluding hydrogens is 302 g/mol. The van der Waals surface area contributed by atoms with E-state index in [1.165, 1.54) is 0 Å². The zero-order valence-corrected chi connectivity index (χ0v) is 12.8. The number of anilines is 1. The molecule has 0 aliphatic heterocycles. The molecule has 0 saturated carbocycles. The maximum absolute atomic E-state index is 11.8. The molecule has 2 aromatic carbocycles. The maximum atomic E-state index is 11.8. The second-order valence-corrected chi connectivity index (χ2v) is 5.21. The number of carbonyl (C=O) groups excluding carboxylic acids is 1. The zero-order valence-electron chi connectivity index (χ0n) is 12.1. The molecule has 0 saturated heterocycles. The molecule has 0 aromatic heterocycles. The van der Waals surface area contributed by atoms with Gasteiger partial charge < -0.3 is 15.2 Å². The van der Waals surface area contributed by atoms with Crippen LogP contribution in [0.1, 0.15) is 11.1 Å². The fourth-order valence-electron chi connectivity index (χ4n) is 1.95. The summed E-state index contributed by atoms with van der Waals surface area (Å²) in [5.74, 6) is -0.220. The molecule has 2 N–H and O–H groups in total. The van der Waals surface area contributed by atoms with E-state index in [4.69, 9.17) is 21.4 Å². The van der Waals surface area contributed by atoms with Crippen molar-refractivity contribution in [3.63, 3.8) is 0 Å². The summed E-state index contributed by atoms with van der Waals surface area (Å²) in [5, 5.41) is 12.2. The Morgan fingerprint density at radius 3 is 2.55 bits per heavy atom. The molecule has 0 bridgehead atoms. The molecular formula is C17H18ClNO3. The van der Waals surface area contributed by atoms with Gasteiger partial charge in [-0.2, -0.15) is 0 Å². The third kappa shape index (κ3) is 5.15. The topological polar surface area (TPSA) is 58.6 Å². The van der Waals surface area contributed by atoms with Crippen molar-refractivity contribution in [1.82, 2.24) is 0 Å². The Kier molecular flexibility index (Phi) is 6.40. The molecule has 0 fully saturated rings. The highest BCUT2D eigenvalue weighted by molar-refractivity contribution is 6.31. The summed E-state index contributed by atoms with van der Waals surface area (Å²) in [6, 6.07) is 14.7. The second-order valence-electron chi connectivity index (χ2n) is 4.80. The Labute approximate surface area is 134 Å². The molecule has 2 aromatic rings. The van der Waals surface area contributed by atoms with E-state index < -0.39 is 0 Å². The minimum absolute atomic E-state index is 0.0381. The van der Waals surface area contributed by atoms with E-state index in [0.29, 0.717) is 23.7 Å². The van der Waals surface area contributed by atoms with Crippen molar-refractivity contribution in [1.29, 1.82) is 0 Å². The van der Waals surface area contributed by atoms with Gasteiger partial charge in [-0.25, -0.2) is 0 Å². The highest BCUT2D eigenvalue weighted by Crippen LogP contribution is 2.15. The van der Waals surface area contributed by atoms with Gasteiger partial charge in [0.2, 0.25) is 5.91 Å². The largest absolute Gasteiger partial charge is 0.396 e. The van der Waals surface area contributed by atoms with E-state index >= 15 is 0 Å². The SMILES string of the molecule is O=C(COCc1ccccc1Cl)Nc1ccc(CCO)cc1. The Morgan fingerprint density at radius 2 is 1.86 bits per heavy atom. The lowest BCUT2D eigenvalue weighted by Crippen LogP contribution is -2.18. The molecule has 0 atom stereocenters. The van der Waals surface area contributed by atoms with Crippen LogP contribution in [0, 0.1) is 0 Å². The number of benzene rings is 2. The Balaban J connectivity index is 1.77. The standard InChI is InChI=1S/C17H18ClNO3/c18-16-4-2-1-3-14(16)11-22-12-17(21)19-15-7-5-13(6-8-15)9-10-20/h1-8,20H,9-12H2,(H,19,21). The van der Waals surface area contributed by atoms with Gasteiger partial charge in [0.15, 0.2) is 0 Å². The molecule has 22 heavy (non-hydrogen) atoms. The van der Waals surface area contributed by atoms with E-state index in [-0.39, 0.29) is 19.1 Å². The molecule has 4 nitrogen and oxygen atoms in total. The molecule has 1 amide bonds. The molecule has 0 unspecified atom stereocenters. The van der Waals surface area contributed by atoms with E-state index in [2.05, 4.69) is 5.32 Å². The number of aliphatic hydroxyl groups is 1. The van der Waals surface area contributed by atoms with Crippen LogP contribution in [0.3, 0.4) is 0 Å². The van der Waals surface area contributed by atoms with Gasteiger partial charge in [0.25, 0.3) is 0 Å². The number of ether oxygens (including phenoxy) is 1. The first-order chi connectivity index (χ1) is 10.7. The smallest absolute Gasteiger partial charge is 0.250 e. The van der Waals surface area contributed by atoms with Gasteiger partial charge in [0, 0.05) is 17.3 Å². The van der Waals surface area contributed by atoms with Crippen LogP contribution < -0.4 is 5.32 Å². The van der Waals surface area contributed by atoms with Gasteiger partial charge in [-0.05, 0) is 35.7 Å². The summed E-state index contributed by atoms with van der Waals surface area (Å²) < 4.78 is 5.37. The van der Waals surface area contributed by atoms with E-state index in [0.717, 1.165) is 11.1 Å². The number of aliphatic hydroxyl groups excluding tert-OH is 1. The number of amides is 1. The molecule has 2 rings (SSSR count). The van der Waals surface area contributed by atoms with Crippen LogP contribution in [0.25, 0.3) is 0 Å². The van der Waals surface area contributed by atoms with Crippen molar-refractivity contribution < 1.29 is 14.6 Å². The van der Waals surface area contributed by atoms with Gasteiger partial charge in [-0.1, -0.05) is 41.9 Å². The second kappa shape index (κ2) is 8.54. The molecule has 116 valence electrons. The molecule has 5 heteroatoms. The van der Waals surface area contributed by atoms with Crippen LogP contribution >= 0.6 is 11.6 Å². The third-order valence-electron chi connectivity index (χ3n) is 3.09. The first kappa shape index (κ1) is 16.5. The van der Waals surface area contributed by atoms with Crippen molar-refractivity contribution in [3.05, 3.63) is 64.7 Å². The fourth-order valence-corrected chi connectivity index (χ4v) is 2.14. The first-order valence-corrected chi connectivity index (χ1v) is 7.37. The molecule has 0 heterocycles. The van der Waals surface area contributed by atoms with Crippen molar-refractivity contribution in [3.8, 4) is 0 Å². The predicted octanol–water partition coefficient (Wildman–Crippen LogP) is 3.03. The van der Waals surface area contributed by atoms with Crippen LogP contribution in [-0.2, 0) is 22.6 Å². The van der Waals surface area contributed by atoms with Gasteiger partial charge in [-0.3, -0.25) is 4.79 Å². The minimum atomic E-state index is -0.220. The maximum Gasteiger partial charge on any atom is 0.250 e. The van der Waals surface area contributed by atoms with Crippen LogP contribution in [-0.4, -0.2) is 24.2 Å². The fraction of sp³-hybridized carbons (Fsp3) is 0.235. The van der Waals surface area contributed by atoms with Gasteiger partial charge in [0.1, 0.15) is 6.61 Å². The van der Waals surface area contributed by atoms with Gasteiger partial charge in [-0.15, -0.1) is 0 Å². The van der Waals surface area contributed by atoms with Crippen LogP contribution in [0.15, 0.2) is 48.5 Å². The summed E-state index contributed by atoms with van der Waals surface area (Å²) in [4.78, 5) is 11.8. The first-order valence-electron chi connectivity index (χ1n) is 7.00. The molecule has 0 aliphatic carbocycles. The lowest BCUT2D eigenvalue weighted by Gasteiger charge is -2.08. The number of carbonyl (C=O) groups is 1. The Morgan fingerprint density at radius 1 is 1.14 bits per heavy atom. The highest BCUT2D eigenvalue weighted by atomic mass is 35.5. The number of halogens is 1. The lowest BCUT2D eigenvalue weighted by molar-refractivity contribution is -0.121. The van der Waals surface area contributed by atoms with Crippen LogP contribution in [0.2, 0.25) is 5.02 Å². The third-order valence-corrected chi connectivity index (χ3v) is 3.46. The van der Waals surface area contributed by atoms with Crippen LogP contribution in [0.5, 0.6) is 0 Å². The van der Waals surface area contributed by atoms with Crippen molar-refractivity contribution in [2.24, 2.45) is 0 Å². The van der Waals surface area contributed by atoms with Crippen molar-refractivity contribution in [2.75, 3.05) is 18.5 Å². The molecule has 0 spiro atoms. The van der Waals surface area contributed by atoms with Crippen LogP contribution in [0.4, 0.5) is 5.69 Å². The number of rotatable bonds is 7. The summed E-state index contributed by atoms with van der Waals surface area (Å²) >= 11 is 6.01. The number of nitrogens with one attached hydrogen (secondary N) is 1. The zero-order chi connectivity index (χ0) is 15.8. The summed E-state index contributed by atoms with van der Waals surface area (Å²) in [7, 11) is 0. The summed E-state index contributed by atoms with van der Waals surface area (Å²) in [6.45, 7) is 0.369. The average Bonchev–Trinajstić information content (AvgIpc) is 2.51. The monoisotopic (exact) mass is 319 g/mol. The van der Waals surface area contributed by atoms with E-state index in [1.54, 1.807) is 18.2 Å². The van der Waals surface area contributed by atoms with Crippen molar-refractivity contribution >= 4 is 23.2 Å². The van der Waals surface area contributed by atoms with E-state index in [1.807, 2.05) is 30.3 Å². The number of hydrogen-bond acceptors (Lipinski definition) is 3. The quantitative estimate of drug-likeness (QED) is 0.824. The minimum Gasteiger partial charge on any atom is -0.396 e. The predicted molar refractivity (Wildman–Crippen MR) is 87.0 cm³/mol. The van der Waals surface area contributed by atoms with Gasteiger partial charge >= 0.3 is 0 Å². The lowest BCUT2D eigenvalue weighted by atomic mass is 10.1. The van der Waals surface area contributed by atoms with E-state index in [9.17, 15) is 4.79 Å². The highest BCUT2D eigenvalue weighted by Gasteiger charge is 2.04.